The number of hydrogen-bond acceptors (Lipinski definition) is 5. The maximum Gasteiger partial charge on any atom is 0.274 e. The van der Waals surface area contributed by atoms with Gasteiger partial charge in [0, 0.05) is 30.5 Å². The molecule has 0 saturated heterocycles. The van der Waals surface area contributed by atoms with Gasteiger partial charge in [0.1, 0.15) is 5.69 Å². The summed E-state index contributed by atoms with van der Waals surface area (Å²) in [6.07, 6.45) is 0. The second-order valence-corrected chi connectivity index (χ2v) is 6.27. The van der Waals surface area contributed by atoms with Crippen LogP contribution in [-0.2, 0) is 11.3 Å². The third kappa shape index (κ3) is 5.38. The Morgan fingerprint density at radius 3 is 2.18 bits per heavy atom. The van der Waals surface area contributed by atoms with Crippen LogP contribution in [0.25, 0.3) is 0 Å². The van der Waals surface area contributed by atoms with Gasteiger partial charge in [-0.1, -0.05) is 30.3 Å². The van der Waals surface area contributed by atoms with E-state index in [0.29, 0.717) is 29.6 Å². The van der Waals surface area contributed by atoms with Gasteiger partial charge >= 0.3 is 0 Å². The smallest absolute Gasteiger partial charge is 0.274 e. The van der Waals surface area contributed by atoms with Crippen molar-refractivity contribution in [2.45, 2.75) is 20.4 Å². The summed E-state index contributed by atoms with van der Waals surface area (Å²) >= 11 is 0. The Morgan fingerprint density at radius 2 is 1.54 bits per heavy atom. The monoisotopic (exact) mass is 375 g/mol. The van der Waals surface area contributed by atoms with E-state index in [0.717, 1.165) is 5.56 Å². The van der Waals surface area contributed by atoms with Crippen LogP contribution in [-0.4, -0.2) is 21.8 Å². The molecule has 142 valence electrons. The van der Waals surface area contributed by atoms with Crippen LogP contribution < -0.4 is 16.0 Å². The highest BCUT2D eigenvalue weighted by Gasteiger charge is 2.11. The van der Waals surface area contributed by atoms with Gasteiger partial charge in [-0.05, 0) is 42.8 Å². The first-order valence-electron chi connectivity index (χ1n) is 8.82. The summed E-state index contributed by atoms with van der Waals surface area (Å²) in [5, 5.41) is 8.62. The minimum absolute atomic E-state index is 0.149. The molecule has 0 aliphatic carbocycles. The Labute approximate surface area is 163 Å². The van der Waals surface area contributed by atoms with E-state index in [1.54, 1.807) is 30.3 Å². The minimum atomic E-state index is -0.333. The van der Waals surface area contributed by atoms with Crippen LogP contribution in [0.2, 0.25) is 0 Å². The zero-order valence-electron chi connectivity index (χ0n) is 15.7. The van der Waals surface area contributed by atoms with Gasteiger partial charge in [0.2, 0.25) is 11.9 Å². The van der Waals surface area contributed by atoms with Crippen molar-refractivity contribution < 1.29 is 9.59 Å². The second kappa shape index (κ2) is 8.77. The zero-order valence-corrected chi connectivity index (χ0v) is 15.7. The van der Waals surface area contributed by atoms with E-state index < -0.39 is 0 Å². The van der Waals surface area contributed by atoms with Crippen molar-refractivity contribution in [2.24, 2.45) is 0 Å². The first kappa shape index (κ1) is 19.0. The van der Waals surface area contributed by atoms with E-state index >= 15 is 0 Å². The van der Waals surface area contributed by atoms with Crippen LogP contribution in [0.4, 0.5) is 17.3 Å². The third-order valence-electron chi connectivity index (χ3n) is 3.84. The molecule has 2 amide bonds. The highest BCUT2D eigenvalue weighted by molar-refractivity contribution is 6.03. The molecule has 0 atom stereocenters. The molecule has 0 spiro atoms. The SMILES string of the molecule is CC(=O)Nc1ccc(NC(=O)c2cc(C)nc(NCc3ccccc3)n2)cc1. The lowest BCUT2D eigenvalue weighted by Crippen LogP contribution is -2.16. The van der Waals surface area contributed by atoms with Crippen LogP contribution in [0.5, 0.6) is 0 Å². The average Bonchev–Trinajstić information content (AvgIpc) is 2.68. The van der Waals surface area contributed by atoms with Gasteiger partial charge in [-0.25, -0.2) is 9.97 Å². The summed E-state index contributed by atoms with van der Waals surface area (Å²) in [5.41, 5.74) is 3.33. The van der Waals surface area contributed by atoms with Crippen molar-refractivity contribution in [1.82, 2.24) is 9.97 Å². The normalized spacial score (nSPS) is 10.2. The highest BCUT2D eigenvalue weighted by Crippen LogP contribution is 2.15. The number of anilines is 3. The lowest BCUT2D eigenvalue weighted by atomic mass is 10.2. The van der Waals surface area contributed by atoms with Crippen molar-refractivity contribution in [1.29, 1.82) is 0 Å². The number of carbonyl (C=O) groups excluding carboxylic acids is 2. The quantitative estimate of drug-likeness (QED) is 0.612. The predicted octanol–water partition coefficient (Wildman–Crippen LogP) is 3.61. The molecule has 3 rings (SSSR count). The molecule has 0 fully saturated rings. The first-order chi connectivity index (χ1) is 13.5. The van der Waals surface area contributed by atoms with Crippen LogP contribution >= 0.6 is 0 Å². The van der Waals surface area contributed by atoms with E-state index in [9.17, 15) is 9.59 Å². The Hall–Kier alpha value is -3.74. The molecule has 1 aromatic heterocycles. The van der Waals surface area contributed by atoms with E-state index in [-0.39, 0.29) is 17.5 Å². The summed E-state index contributed by atoms with van der Waals surface area (Å²) in [4.78, 5) is 32.3. The van der Waals surface area contributed by atoms with Crippen molar-refractivity contribution in [2.75, 3.05) is 16.0 Å². The van der Waals surface area contributed by atoms with Gasteiger partial charge in [0.25, 0.3) is 5.91 Å². The van der Waals surface area contributed by atoms with Crippen LogP contribution in [0.1, 0.15) is 28.7 Å². The van der Waals surface area contributed by atoms with Crippen molar-refractivity contribution in [3.05, 3.63) is 77.6 Å². The number of nitrogens with one attached hydrogen (secondary N) is 3. The summed E-state index contributed by atoms with van der Waals surface area (Å²) in [6.45, 7) is 3.82. The molecule has 7 nitrogen and oxygen atoms in total. The van der Waals surface area contributed by atoms with Crippen molar-refractivity contribution in [3.63, 3.8) is 0 Å². The molecular weight excluding hydrogens is 354 g/mol. The van der Waals surface area contributed by atoms with Crippen molar-refractivity contribution in [3.8, 4) is 0 Å². The van der Waals surface area contributed by atoms with Gasteiger partial charge in [-0.3, -0.25) is 9.59 Å². The molecule has 0 aliphatic rings. The molecule has 0 aliphatic heterocycles. The average molecular weight is 375 g/mol. The molecule has 0 radical (unpaired) electrons. The van der Waals surface area contributed by atoms with Gasteiger partial charge in [-0.2, -0.15) is 0 Å². The Morgan fingerprint density at radius 1 is 0.893 bits per heavy atom. The number of aromatic nitrogens is 2. The van der Waals surface area contributed by atoms with E-state index in [1.807, 2.05) is 37.3 Å². The second-order valence-electron chi connectivity index (χ2n) is 6.27. The van der Waals surface area contributed by atoms with Crippen molar-refractivity contribution >= 4 is 29.1 Å². The number of benzene rings is 2. The molecule has 0 unspecified atom stereocenters. The number of rotatable bonds is 6. The van der Waals surface area contributed by atoms with Crippen LogP contribution in [0.15, 0.2) is 60.7 Å². The molecule has 0 saturated carbocycles. The van der Waals surface area contributed by atoms with E-state index in [4.69, 9.17) is 0 Å². The number of amides is 2. The Kier molecular flexibility index (Phi) is 5.96. The molecule has 1 heterocycles. The molecular formula is C21H21N5O2. The fourth-order valence-electron chi connectivity index (χ4n) is 2.58. The standard InChI is InChI=1S/C21H21N5O2/c1-14-12-19(26-21(23-14)22-13-16-6-4-3-5-7-16)20(28)25-18-10-8-17(9-11-18)24-15(2)27/h3-12H,13H2,1-2H3,(H,24,27)(H,25,28)(H,22,23,26). The Balaban J connectivity index is 1.67. The largest absolute Gasteiger partial charge is 0.350 e. The predicted molar refractivity (Wildman–Crippen MR) is 109 cm³/mol. The number of hydrogen-bond donors (Lipinski definition) is 3. The summed E-state index contributed by atoms with van der Waals surface area (Å²) in [7, 11) is 0. The number of aryl methyl sites for hydroxylation is 1. The maximum absolute atomic E-state index is 12.6. The zero-order chi connectivity index (χ0) is 19.9. The fourth-order valence-corrected chi connectivity index (χ4v) is 2.58. The van der Waals surface area contributed by atoms with Gasteiger partial charge in [0.05, 0.1) is 0 Å². The molecule has 0 bridgehead atoms. The van der Waals surface area contributed by atoms with Crippen LogP contribution in [0.3, 0.4) is 0 Å². The van der Waals surface area contributed by atoms with E-state index in [2.05, 4.69) is 25.9 Å². The first-order valence-corrected chi connectivity index (χ1v) is 8.82. The number of nitrogens with zero attached hydrogens (tertiary/aromatic N) is 2. The molecule has 2 aromatic carbocycles. The lowest BCUT2D eigenvalue weighted by molar-refractivity contribution is -0.114. The van der Waals surface area contributed by atoms with Gasteiger partial charge in [0.15, 0.2) is 0 Å². The molecule has 3 aromatic rings. The molecule has 3 N–H and O–H groups in total. The molecule has 7 heteroatoms. The van der Waals surface area contributed by atoms with Crippen LogP contribution in [0, 0.1) is 6.92 Å². The summed E-state index contributed by atoms with van der Waals surface area (Å²) in [5.74, 6) is -0.0840. The highest BCUT2D eigenvalue weighted by atomic mass is 16.2. The van der Waals surface area contributed by atoms with Gasteiger partial charge in [-0.15, -0.1) is 0 Å². The summed E-state index contributed by atoms with van der Waals surface area (Å²) < 4.78 is 0. The maximum atomic E-state index is 12.6. The van der Waals surface area contributed by atoms with Gasteiger partial charge < -0.3 is 16.0 Å². The Bertz CT molecular complexity index is 972. The minimum Gasteiger partial charge on any atom is -0.350 e. The number of carbonyl (C=O) groups is 2. The lowest BCUT2D eigenvalue weighted by Gasteiger charge is -2.09. The molecule has 28 heavy (non-hydrogen) atoms. The topological polar surface area (TPSA) is 96.0 Å². The summed E-state index contributed by atoms with van der Waals surface area (Å²) in [6, 6.07) is 18.4. The fraction of sp³-hybridized carbons (Fsp3) is 0.143. The third-order valence-corrected chi connectivity index (χ3v) is 3.84. The van der Waals surface area contributed by atoms with E-state index in [1.165, 1.54) is 6.92 Å².